The molecule has 2 nitrogen and oxygen atoms in total. The van der Waals surface area contributed by atoms with Crippen LogP contribution in [0.5, 0.6) is 0 Å². The number of aryl methyl sites for hydroxylation is 1. The molecule has 0 fully saturated rings. The van der Waals surface area contributed by atoms with Crippen LogP contribution in [0.4, 0.5) is 5.69 Å². The van der Waals surface area contributed by atoms with Crippen molar-refractivity contribution in [3.8, 4) is 22.3 Å². The topological polar surface area (TPSA) is 38.0 Å². The highest BCUT2D eigenvalue weighted by atomic mass is 14.9. The summed E-state index contributed by atoms with van der Waals surface area (Å²) in [6.45, 7) is 2.91. The number of nitrogens with one attached hydrogen (secondary N) is 1. The maximum atomic E-state index is 6.95. The van der Waals surface area contributed by atoms with Crippen LogP contribution in [0.2, 0.25) is 0 Å². The molecule has 0 heterocycles. The molecule has 0 saturated heterocycles. The van der Waals surface area contributed by atoms with Crippen LogP contribution in [0.1, 0.15) is 50.9 Å². The lowest BCUT2D eigenvalue weighted by Crippen LogP contribution is -2.14. The number of hydrogen-bond donors (Lipinski definition) is 2. The minimum Gasteiger partial charge on any atom is -0.381 e. The van der Waals surface area contributed by atoms with Gasteiger partial charge in [0.2, 0.25) is 0 Å². The lowest BCUT2D eigenvalue weighted by molar-refractivity contribution is 0.870. The summed E-state index contributed by atoms with van der Waals surface area (Å²) in [4.78, 5) is 0. The summed E-state index contributed by atoms with van der Waals surface area (Å²) in [5.41, 5.74) is 21.4. The van der Waals surface area contributed by atoms with Gasteiger partial charge in [0.05, 0.1) is 6.04 Å². The lowest BCUT2D eigenvalue weighted by Gasteiger charge is -2.22. The van der Waals surface area contributed by atoms with E-state index < -0.39 is 0 Å². The highest BCUT2D eigenvalue weighted by Crippen LogP contribution is 2.36. The number of fused-ring (bicyclic) bond motifs is 2. The molecule has 9 aromatic rings. The molecule has 0 aliphatic carbocycles. The van der Waals surface area contributed by atoms with Crippen molar-refractivity contribution in [3.63, 3.8) is 0 Å². The number of para-hydroxylation sites is 1. The predicted octanol–water partition coefficient (Wildman–Crippen LogP) is 13.5. The minimum atomic E-state index is -0.255. The molecule has 56 heavy (non-hydrogen) atoms. The van der Waals surface area contributed by atoms with E-state index in [1.54, 1.807) is 0 Å². The second-order valence-corrected chi connectivity index (χ2v) is 14.8. The first-order valence-corrected chi connectivity index (χ1v) is 19.5. The molecule has 2 atom stereocenters. The van der Waals surface area contributed by atoms with Gasteiger partial charge in [-0.2, -0.15) is 0 Å². The van der Waals surface area contributed by atoms with Crippen LogP contribution < -0.4 is 11.1 Å². The number of benzene rings is 9. The van der Waals surface area contributed by atoms with Gasteiger partial charge in [-0.15, -0.1) is 0 Å². The largest absolute Gasteiger partial charge is 0.381 e. The van der Waals surface area contributed by atoms with Crippen molar-refractivity contribution >= 4 is 27.2 Å². The maximum absolute atomic E-state index is 6.95. The van der Waals surface area contributed by atoms with Gasteiger partial charge >= 0.3 is 0 Å². The Labute approximate surface area is 329 Å². The Balaban J connectivity index is 0.924. The summed E-state index contributed by atoms with van der Waals surface area (Å²) in [6, 6.07) is 74.2. The van der Waals surface area contributed by atoms with E-state index in [4.69, 9.17) is 5.73 Å². The zero-order valence-electron chi connectivity index (χ0n) is 31.6. The quantitative estimate of drug-likeness (QED) is 0.138. The number of hydrogen-bond acceptors (Lipinski definition) is 2. The van der Waals surface area contributed by atoms with E-state index in [9.17, 15) is 0 Å². The molecule has 0 amide bonds. The van der Waals surface area contributed by atoms with E-state index in [2.05, 4.69) is 218 Å². The van der Waals surface area contributed by atoms with Crippen molar-refractivity contribution in [1.29, 1.82) is 0 Å². The van der Waals surface area contributed by atoms with Crippen LogP contribution in [-0.2, 0) is 6.54 Å². The molecule has 2 heteroatoms. The number of anilines is 1. The molecule has 0 aromatic heterocycles. The molecular weight excluding hydrogens is 677 g/mol. The zero-order valence-corrected chi connectivity index (χ0v) is 31.6. The SMILES string of the molecule is Cc1ccccc1C(c1ccc(CNc2ccccc2C(N)c2ccc(-c3ccc4ccccc4c3)cc2)cc1)c1ccc(-c2ccc3ccccc3c2)cc1. The Kier molecular flexibility index (Phi) is 9.72. The molecule has 0 aliphatic rings. The van der Waals surface area contributed by atoms with Crippen LogP contribution in [0.15, 0.2) is 206 Å². The van der Waals surface area contributed by atoms with Gasteiger partial charge in [0.25, 0.3) is 0 Å². The Morgan fingerprint density at radius 3 is 1.43 bits per heavy atom. The van der Waals surface area contributed by atoms with Gasteiger partial charge in [0.1, 0.15) is 0 Å². The Morgan fingerprint density at radius 1 is 0.411 bits per heavy atom. The number of rotatable bonds is 10. The van der Waals surface area contributed by atoms with E-state index in [1.807, 2.05) is 0 Å². The molecule has 9 aromatic carbocycles. The number of nitrogens with two attached hydrogens (primary N) is 1. The second kappa shape index (κ2) is 15.5. The maximum Gasteiger partial charge on any atom is 0.0572 e. The van der Waals surface area contributed by atoms with E-state index in [0.29, 0.717) is 6.54 Å². The molecule has 3 N–H and O–H groups in total. The standard InChI is InChI=1S/C54H44N2/c1-37-10-2-7-15-50(37)53(44-28-22-41(23-29-44)48-32-26-39-11-3-5-13-46(39)34-48)43-20-18-38(19-21-43)36-56-52-17-9-8-16-51(52)54(55)45-30-24-42(25-31-45)49-33-27-40-12-4-6-14-47(40)35-49/h2-35,53-54,56H,36,55H2,1H3. The molecule has 0 saturated carbocycles. The highest BCUT2D eigenvalue weighted by Gasteiger charge is 2.19. The van der Waals surface area contributed by atoms with Crippen molar-refractivity contribution in [2.75, 3.05) is 5.32 Å². The summed E-state index contributed by atoms with van der Waals surface area (Å²) < 4.78 is 0. The smallest absolute Gasteiger partial charge is 0.0572 e. The third-order valence-electron chi connectivity index (χ3n) is 11.3. The average molecular weight is 721 g/mol. The Bertz CT molecular complexity index is 2760. The summed E-state index contributed by atoms with van der Waals surface area (Å²) in [5.74, 6) is 0.121. The Hall–Kier alpha value is -6.74. The highest BCUT2D eigenvalue weighted by molar-refractivity contribution is 5.88. The molecule has 9 rings (SSSR count). The first-order valence-electron chi connectivity index (χ1n) is 19.5. The van der Waals surface area contributed by atoms with E-state index >= 15 is 0 Å². The van der Waals surface area contributed by atoms with Crippen molar-refractivity contribution in [2.45, 2.75) is 25.4 Å². The molecule has 270 valence electrons. The van der Waals surface area contributed by atoms with Crippen LogP contribution in [0.25, 0.3) is 43.8 Å². The van der Waals surface area contributed by atoms with Crippen molar-refractivity contribution < 1.29 is 0 Å². The predicted molar refractivity (Wildman–Crippen MR) is 237 cm³/mol. The zero-order chi connectivity index (χ0) is 37.8. The summed E-state index contributed by atoms with van der Waals surface area (Å²) in [6.07, 6.45) is 0. The van der Waals surface area contributed by atoms with Crippen molar-refractivity contribution in [2.24, 2.45) is 5.73 Å². The first-order chi connectivity index (χ1) is 27.6. The molecule has 0 bridgehead atoms. The van der Waals surface area contributed by atoms with Gasteiger partial charge in [0, 0.05) is 18.2 Å². The van der Waals surface area contributed by atoms with E-state index in [1.165, 1.54) is 71.6 Å². The lowest BCUT2D eigenvalue weighted by atomic mass is 9.82. The van der Waals surface area contributed by atoms with Crippen LogP contribution in [0, 0.1) is 6.92 Å². The fraction of sp³-hybridized carbons (Fsp3) is 0.0741. The van der Waals surface area contributed by atoms with Gasteiger partial charge < -0.3 is 11.1 Å². The molecule has 0 radical (unpaired) electrons. The van der Waals surface area contributed by atoms with E-state index in [0.717, 1.165) is 16.8 Å². The summed E-state index contributed by atoms with van der Waals surface area (Å²) >= 11 is 0. The van der Waals surface area contributed by atoms with Crippen LogP contribution in [0.3, 0.4) is 0 Å². The normalized spacial score (nSPS) is 12.4. The molecular formula is C54H44N2. The van der Waals surface area contributed by atoms with Gasteiger partial charge in [-0.1, -0.05) is 188 Å². The fourth-order valence-electron chi connectivity index (χ4n) is 8.08. The first kappa shape index (κ1) is 35.0. The van der Waals surface area contributed by atoms with Gasteiger partial charge in [-0.25, -0.2) is 0 Å². The monoisotopic (exact) mass is 720 g/mol. The van der Waals surface area contributed by atoms with Crippen LogP contribution in [-0.4, -0.2) is 0 Å². The van der Waals surface area contributed by atoms with Crippen LogP contribution >= 0.6 is 0 Å². The second-order valence-electron chi connectivity index (χ2n) is 14.8. The molecule has 2 unspecified atom stereocenters. The van der Waals surface area contributed by atoms with Crippen molar-refractivity contribution in [3.05, 3.63) is 245 Å². The van der Waals surface area contributed by atoms with Crippen molar-refractivity contribution in [1.82, 2.24) is 0 Å². The third-order valence-corrected chi connectivity index (χ3v) is 11.3. The minimum absolute atomic E-state index is 0.121. The summed E-state index contributed by atoms with van der Waals surface area (Å²) in [5, 5.41) is 8.73. The van der Waals surface area contributed by atoms with E-state index in [-0.39, 0.29) is 12.0 Å². The molecule has 0 aliphatic heterocycles. The fourth-order valence-corrected chi connectivity index (χ4v) is 8.08. The third kappa shape index (κ3) is 7.23. The van der Waals surface area contributed by atoms with Gasteiger partial charge in [-0.05, 0) is 108 Å². The van der Waals surface area contributed by atoms with Gasteiger partial charge in [0.15, 0.2) is 0 Å². The van der Waals surface area contributed by atoms with Gasteiger partial charge in [-0.3, -0.25) is 0 Å². The average Bonchev–Trinajstić information content (AvgIpc) is 3.26. The Morgan fingerprint density at radius 2 is 0.857 bits per heavy atom. The summed E-state index contributed by atoms with van der Waals surface area (Å²) in [7, 11) is 0. The molecule has 0 spiro atoms.